The number of carbonyl (C=O) groups excluding carboxylic acids is 1. The van der Waals surface area contributed by atoms with E-state index in [4.69, 9.17) is 14.2 Å². The Morgan fingerprint density at radius 1 is 1.12 bits per heavy atom. The van der Waals surface area contributed by atoms with Gasteiger partial charge in [0.15, 0.2) is 5.82 Å². The minimum absolute atomic E-state index is 0.175. The van der Waals surface area contributed by atoms with Gasteiger partial charge in [0, 0.05) is 43.7 Å². The number of fused-ring (bicyclic) bond motifs is 1. The zero-order chi connectivity index (χ0) is 29.1. The van der Waals surface area contributed by atoms with Gasteiger partial charge in [0.1, 0.15) is 17.0 Å². The second-order valence-corrected chi connectivity index (χ2v) is 10.5. The normalized spacial score (nSPS) is 14.2. The number of ether oxygens (including phenoxy) is 1. The highest BCUT2D eigenvalue weighted by Gasteiger charge is 2.37. The highest BCUT2D eigenvalue weighted by molar-refractivity contribution is 5.95. The first-order valence-corrected chi connectivity index (χ1v) is 13.3. The molecule has 11 nitrogen and oxygen atoms in total. The Balaban J connectivity index is 1.46. The lowest BCUT2D eigenvalue weighted by atomic mass is 9.95. The molecule has 2 aromatic carbocycles. The van der Waals surface area contributed by atoms with E-state index in [-0.39, 0.29) is 18.5 Å². The van der Waals surface area contributed by atoms with Crippen molar-refractivity contribution in [1.29, 1.82) is 0 Å². The fourth-order valence-corrected chi connectivity index (χ4v) is 4.51. The summed E-state index contributed by atoms with van der Waals surface area (Å²) in [6.07, 6.45) is 2.84. The minimum atomic E-state index is -0.736. The van der Waals surface area contributed by atoms with Crippen LogP contribution in [0.5, 0.6) is 0 Å². The van der Waals surface area contributed by atoms with E-state index in [1.165, 1.54) is 0 Å². The fraction of sp³-hybridized carbons (Fsp3) is 0.300. The summed E-state index contributed by atoms with van der Waals surface area (Å²) in [5.41, 5.74) is 3.60. The predicted octanol–water partition coefficient (Wildman–Crippen LogP) is 4.83. The number of aliphatic hydroxyl groups is 1. The molecule has 212 valence electrons. The standard InChI is InChI=1S/C30H33N7O4/c1-18(37(4)5)11-14-25-34-27(41-36-25)22-16-31-29(35-26(22)33-24(17-38)19-9-7-6-8-10-19)32-20-12-13-21-23(15-20)30(2,3)40-28(21)39/h6-10,12-13,15-16,24,38H,1,11,14,17H2,2-5H3,(H2,31,32,33,35)/t24-/m1/s1. The van der Waals surface area contributed by atoms with Crippen LogP contribution < -0.4 is 10.6 Å². The van der Waals surface area contributed by atoms with E-state index in [0.29, 0.717) is 47.2 Å². The number of aliphatic hydroxyl groups excluding tert-OH is 1. The van der Waals surface area contributed by atoms with Crippen LogP contribution in [-0.4, -0.2) is 56.8 Å². The van der Waals surface area contributed by atoms with Gasteiger partial charge in [0.25, 0.3) is 5.89 Å². The molecule has 41 heavy (non-hydrogen) atoms. The molecule has 1 aliphatic rings. The van der Waals surface area contributed by atoms with Crippen LogP contribution in [0.3, 0.4) is 0 Å². The van der Waals surface area contributed by atoms with Gasteiger partial charge in [-0.25, -0.2) is 9.78 Å². The third-order valence-electron chi connectivity index (χ3n) is 6.94. The second-order valence-electron chi connectivity index (χ2n) is 10.5. The third-order valence-corrected chi connectivity index (χ3v) is 6.94. The van der Waals surface area contributed by atoms with E-state index < -0.39 is 11.6 Å². The number of aryl methyl sites for hydroxylation is 1. The van der Waals surface area contributed by atoms with Crippen LogP contribution >= 0.6 is 0 Å². The van der Waals surface area contributed by atoms with Crippen molar-refractivity contribution < 1.29 is 19.2 Å². The molecule has 0 unspecified atom stereocenters. The number of aromatic nitrogens is 4. The number of hydrogen-bond acceptors (Lipinski definition) is 11. The minimum Gasteiger partial charge on any atom is -0.451 e. The Kier molecular flexibility index (Phi) is 7.71. The zero-order valence-electron chi connectivity index (χ0n) is 23.5. The topological polar surface area (TPSA) is 139 Å². The van der Waals surface area contributed by atoms with Crippen LogP contribution in [0.1, 0.15) is 53.6 Å². The Hall–Kier alpha value is -4.77. The lowest BCUT2D eigenvalue weighted by Gasteiger charge is -2.20. The maximum Gasteiger partial charge on any atom is 0.339 e. The number of benzene rings is 2. The summed E-state index contributed by atoms with van der Waals surface area (Å²) >= 11 is 0. The lowest BCUT2D eigenvalue weighted by molar-refractivity contribution is 0.00954. The molecule has 0 radical (unpaired) electrons. The van der Waals surface area contributed by atoms with Gasteiger partial charge in [-0.1, -0.05) is 42.1 Å². The van der Waals surface area contributed by atoms with Crippen molar-refractivity contribution in [2.75, 3.05) is 31.3 Å². The highest BCUT2D eigenvalue weighted by atomic mass is 16.6. The van der Waals surface area contributed by atoms with Crippen molar-refractivity contribution in [3.63, 3.8) is 0 Å². The summed E-state index contributed by atoms with van der Waals surface area (Å²) in [7, 11) is 3.88. The van der Waals surface area contributed by atoms with Gasteiger partial charge in [0.05, 0.1) is 18.2 Å². The molecule has 0 saturated carbocycles. The van der Waals surface area contributed by atoms with Gasteiger partial charge in [-0.15, -0.1) is 0 Å². The fourth-order valence-electron chi connectivity index (χ4n) is 4.51. The summed E-state index contributed by atoms with van der Waals surface area (Å²) in [4.78, 5) is 27.9. The first-order chi connectivity index (χ1) is 19.6. The molecule has 2 aromatic heterocycles. The Bertz CT molecular complexity index is 1570. The monoisotopic (exact) mass is 555 g/mol. The summed E-state index contributed by atoms with van der Waals surface area (Å²) in [5, 5.41) is 20.9. The summed E-state index contributed by atoms with van der Waals surface area (Å²) < 4.78 is 11.1. The van der Waals surface area contributed by atoms with Crippen molar-refractivity contribution in [3.8, 4) is 11.5 Å². The average Bonchev–Trinajstić information content (AvgIpc) is 3.52. The van der Waals surface area contributed by atoms with Crippen molar-refractivity contribution in [2.45, 2.75) is 38.3 Å². The van der Waals surface area contributed by atoms with Crippen molar-refractivity contribution in [2.24, 2.45) is 0 Å². The largest absolute Gasteiger partial charge is 0.451 e. The van der Waals surface area contributed by atoms with Crippen LogP contribution in [0.4, 0.5) is 17.5 Å². The van der Waals surface area contributed by atoms with Crippen molar-refractivity contribution >= 4 is 23.4 Å². The van der Waals surface area contributed by atoms with E-state index >= 15 is 0 Å². The average molecular weight is 556 g/mol. The number of allylic oxidation sites excluding steroid dienone is 1. The molecule has 0 amide bonds. The predicted molar refractivity (Wildman–Crippen MR) is 155 cm³/mol. The molecule has 0 aliphatic carbocycles. The SMILES string of the molecule is C=C(CCc1noc(-c2cnc(Nc3ccc4c(c3)C(C)(C)OC4=O)nc2N[C@H](CO)c2ccccc2)n1)N(C)C. The van der Waals surface area contributed by atoms with Gasteiger partial charge in [-0.05, 0) is 44.0 Å². The van der Waals surface area contributed by atoms with Gasteiger partial charge < -0.3 is 29.9 Å². The van der Waals surface area contributed by atoms with Crippen LogP contribution in [0.25, 0.3) is 11.5 Å². The number of anilines is 3. The van der Waals surface area contributed by atoms with Gasteiger partial charge in [0.2, 0.25) is 5.95 Å². The molecule has 0 fully saturated rings. The number of cyclic esters (lactones) is 1. The highest BCUT2D eigenvalue weighted by Crippen LogP contribution is 2.38. The van der Waals surface area contributed by atoms with Crippen LogP contribution in [0.2, 0.25) is 0 Å². The van der Waals surface area contributed by atoms with Crippen molar-refractivity contribution in [3.05, 3.63) is 89.5 Å². The second kappa shape index (κ2) is 11.4. The molecule has 3 heterocycles. The molecule has 3 N–H and O–H groups in total. The maximum absolute atomic E-state index is 12.2. The first kappa shape index (κ1) is 27.8. The van der Waals surface area contributed by atoms with Gasteiger partial charge in [-0.2, -0.15) is 9.97 Å². The number of esters is 1. The molecule has 0 saturated heterocycles. The molecule has 11 heteroatoms. The summed E-state index contributed by atoms with van der Waals surface area (Å²) in [5.74, 6) is 1.15. The van der Waals surface area contributed by atoms with Crippen LogP contribution in [-0.2, 0) is 16.8 Å². The molecule has 5 rings (SSSR count). The van der Waals surface area contributed by atoms with Crippen LogP contribution in [0.15, 0.2) is 71.5 Å². The quantitative estimate of drug-likeness (QED) is 0.219. The van der Waals surface area contributed by atoms with E-state index in [2.05, 4.69) is 32.3 Å². The van der Waals surface area contributed by atoms with E-state index in [1.54, 1.807) is 18.3 Å². The Morgan fingerprint density at radius 3 is 2.63 bits per heavy atom. The molecule has 1 aliphatic heterocycles. The number of rotatable bonds is 11. The smallest absolute Gasteiger partial charge is 0.339 e. The van der Waals surface area contributed by atoms with Gasteiger partial charge >= 0.3 is 5.97 Å². The van der Waals surface area contributed by atoms with E-state index in [9.17, 15) is 9.90 Å². The first-order valence-electron chi connectivity index (χ1n) is 13.3. The lowest BCUT2D eigenvalue weighted by Crippen LogP contribution is -2.17. The zero-order valence-corrected chi connectivity index (χ0v) is 23.5. The number of nitrogens with zero attached hydrogens (tertiary/aromatic N) is 5. The molecule has 0 spiro atoms. The van der Waals surface area contributed by atoms with Gasteiger partial charge in [-0.3, -0.25) is 0 Å². The molecule has 0 bridgehead atoms. The molecular formula is C30H33N7O4. The Labute approximate surface area is 238 Å². The molecule has 4 aromatic rings. The maximum atomic E-state index is 12.2. The van der Waals surface area contributed by atoms with E-state index in [1.807, 2.05) is 69.2 Å². The number of nitrogens with one attached hydrogen (secondary N) is 2. The molecule has 1 atom stereocenters. The molecular weight excluding hydrogens is 522 g/mol. The van der Waals surface area contributed by atoms with E-state index in [0.717, 1.165) is 16.8 Å². The summed E-state index contributed by atoms with van der Waals surface area (Å²) in [6, 6.07) is 14.5. The van der Waals surface area contributed by atoms with Crippen molar-refractivity contribution in [1.82, 2.24) is 25.0 Å². The number of carbonyl (C=O) groups is 1. The number of hydrogen-bond donors (Lipinski definition) is 3. The Morgan fingerprint density at radius 2 is 1.90 bits per heavy atom. The summed E-state index contributed by atoms with van der Waals surface area (Å²) in [6.45, 7) is 7.57. The van der Waals surface area contributed by atoms with Crippen LogP contribution in [0, 0.1) is 0 Å². The third kappa shape index (κ3) is 6.04.